The van der Waals surface area contributed by atoms with Crippen LogP contribution in [0.2, 0.25) is 0 Å². The maximum absolute atomic E-state index is 14.1. The van der Waals surface area contributed by atoms with Crippen molar-refractivity contribution < 1.29 is 38.1 Å². The van der Waals surface area contributed by atoms with Crippen molar-refractivity contribution in [3.05, 3.63) is 53.1 Å². The van der Waals surface area contributed by atoms with Crippen LogP contribution in [0.5, 0.6) is 5.75 Å². The monoisotopic (exact) mass is 596 g/mol. The van der Waals surface area contributed by atoms with Crippen LogP contribution in [0, 0.1) is 5.41 Å². The van der Waals surface area contributed by atoms with Gasteiger partial charge in [-0.2, -0.15) is 4.98 Å². The predicted molar refractivity (Wildman–Crippen MR) is 151 cm³/mol. The SMILES string of the molecule is CCCC[C@H](COC(=O)C(C)(C)C)NP(=O)(OC[C@H]1O[C@@H](n2ccc(N)nc2=O)[C@](C)(O)[C@@H]1O)Oc1ccccc1. The minimum Gasteiger partial charge on any atom is -0.464 e. The van der Waals surface area contributed by atoms with Crippen molar-refractivity contribution in [3.63, 3.8) is 0 Å². The largest absolute Gasteiger partial charge is 0.464 e. The van der Waals surface area contributed by atoms with Gasteiger partial charge in [0.05, 0.1) is 18.1 Å². The molecule has 13 nitrogen and oxygen atoms in total. The average Bonchev–Trinajstić information content (AvgIpc) is 3.12. The lowest BCUT2D eigenvalue weighted by molar-refractivity contribution is -0.153. The number of hydrogen-bond donors (Lipinski definition) is 4. The molecule has 1 unspecified atom stereocenters. The van der Waals surface area contributed by atoms with Crippen LogP contribution in [0.1, 0.15) is 60.1 Å². The third kappa shape index (κ3) is 8.60. The van der Waals surface area contributed by atoms with Gasteiger partial charge in [0.2, 0.25) is 0 Å². The lowest BCUT2D eigenvalue weighted by Crippen LogP contribution is -2.46. The molecule has 228 valence electrons. The molecule has 2 aromatic rings. The Morgan fingerprint density at radius 2 is 1.98 bits per heavy atom. The fraction of sp³-hybridized carbons (Fsp3) is 0.593. The van der Waals surface area contributed by atoms with Crippen molar-refractivity contribution in [2.24, 2.45) is 5.41 Å². The third-order valence-electron chi connectivity index (χ3n) is 6.51. The number of anilines is 1. The number of nitrogens with one attached hydrogen (secondary N) is 1. The molecule has 1 aromatic carbocycles. The molecule has 0 amide bonds. The Balaban J connectivity index is 1.81. The molecule has 5 N–H and O–H groups in total. The van der Waals surface area contributed by atoms with Crippen molar-refractivity contribution >= 4 is 19.5 Å². The standard InChI is InChI=1S/C27H41N4O9P/c1-6-7-11-18(16-37-24(33)26(2,3)4)30-41(36,40-19-12-9-8-10-13-19)38-17-20-22(32)27(5,35)23(39-20)31-15-14-21(28)29-25(31)34/h8-10,12-15,18,20,22-23,32,35H,6-7,11,16-17H2,1-5H3,(H,30,36)(H2,28,29,34)/t18-,20-,22-,23-,27-,41?/m1/s1. The Morgan fingerprint density at radius 1 is 1.29 bits per heavy atom. The quantitative estimate of drug-likeness (QED) is 0.196. The maximum atomic E-state index is 14.1. The predicted octanol–water partition coefficient (Wildman–Crippen LogP) is 2.78. The number of hydrogen-bond acceptors (Lipinski definition) is 11. The molecule has 0 radical (unpaired) electrons. The highest BCUT2D eigenvalue weighted by molar-refractivity contribution is 7.52. The summed E-state index contributed by atoms with van der Waals surface area (Å²) in [5.41, 5.74) is 2.12. The highest BCUT2D eigenvalue weighted by Gasteiger charge is 2.54. The number of carbonyl (C=O) groups excluding carboxylic acids is 1. The van der Waals surface area contributed by atoms with Gasteiger partial charge in [0.15, 0.2) is 6.23 Å². The maximum Gasteiger partial charge on any atom is 0.459 e. The Hall–Kier alpha value is -2.80. The number of aliphatic hydroxyl groups is 2. The van der Waals surface area contributed by atoms with Crippen molar-refractivity contribution in [2.45, 2.75) is 84.0 Å². The van der Waals surface area contributed by atoms with Gasteiger partial charge >= 0.3 is 19.4 Å². The number of rotatable bonds is 13. The van der Waals surface area contributed by atoms with E-state index in [4.69, 9.17) is 24.3 Å². The highest BCUT2D eigenvalue weighted by atomic mass is 31.2. The van der Waals surface area contributed by atoms with E-state index in [0.29, 0.717) is 6.42 Å². The van der Waals surface area contributed by atoms with Crippen LogP contribution in [0.25, 0.3) is 0 Å². The molecule has 3 rings (SSSR count). The first-order chi connectivity index (χ1) is 19.2. The van der Waals surface area contributed by atoms with Gasteiger partial charge < -0.3 is 29.9 Å². The zero-order valence-electron chi connectivity index (χ0n) is 24.1. The van der Waals surface area contributed by atoms with Crippen LogP contribution >= 0.6 is 7.75 Å². The van der Waals surface area contributed by atoms with Crippen LogP contribution < -0.4 is 21.0 Å². The zero-order chi connectivity index (χ0) is 30.4. The average molecular weight is 597 g/mol. The van der Waals surface area contributed by atoms with Gasteiger partial charge in [-0.15, -0.1) is 0 Å². The number of nitrogens with zero attached hydrogens (tertiary/aromatic N) is 2. The second kappa shape index (κ2) is 13.5. The molecule has 0 aliphatic carbocycles. The van der Waals surface area contributed by atoms with E-state index >= 15 is 0 Å². The van der Waals surface area contributed by atoms with E-state index in [2.05, 4.69) is 10.1 Å². The van der Waals surface area contributed by atoms with Gasteiger partial charge in [-0.25, -0.2) is 14.4 Å². The Kier molecular flexibility index (Phi) is 10.7. The second-order valence-corrected chi connectivity index (χ2v) is 12.9. The number of aliphatic hydroxyl groups excluding tert-OH is 1. The molecule has 6 atom stereocenters. The molecular formula is C27H41N4O9P. The molecule has 1 aliphatic rings. The summed E-state index contributed by atoms with van der Waals surface area (Å²) < 4.78 is 37.9. The number of unbranched alkanes of at least 4 members (excludes halogenated alkanes) is 1. The normalized spacial score (nSPS) is 24.9. The number of aromatic nitrogens is 2. The number of nitrogen functional groups attached to an aromatic ring is 1. The summed E-state index contributed by atoms with van der Waals surface area (Å²) in [4.78, 5) is 28.4. The first-order valence-electron chi connectivity index (χ1n) is 13.5. The molecule has 1 aliphatic heterocycles. The summed E-state index contributed by atoms with van der Waals surface area (Å²) in [6, 6.07) is 9.13. The number of nitrogens with two attached hydrogens (primary N) is 1. The van der Waals surface area contributed by atoms with E-state index in [1.165, 1.54) is 19.2 Å². The lowest BCUT2D eigenvalue weighted by atomic mass is 9.96. The Morgan fingerprint density at radius 3 is 2.59 bits per heavy atom. The summed E-state index contributed by atoms with van der Waals surface area (Å²) in [5.74, 6) is -0.176. The first kappa shape index (κ1) is 32.7. The minimum atomic E-state index is -4.18. The van der Waals surface area contributed by atoms with Gasteiger partial charge in [-0.1, -0.05) is 38.0 Å². The van der Waals surface area contributed by atoms with E-state index in [-0.39, 0.29) is 18.2 Å². The number of benzene rings is 1. The zero-order valence-corrected chi connectivity index (χ0v) is 25.0. The van der Waals surface area contributed by atoms with Crippen LogP contribution in [0.4, 0.5) is 5.82 Å². The van der Waals surface area contributed by atoms with Crippen LogP contribution in [-0.4, -0.2) is 62.8 Å². The molecule has 0 spiro atoms. The number of carbonyl (C=O) groups is 1. The van der Waals surface area contributed by atoms with E-state index in [9.17, 15) is 24.4 Å². The second-order valence-electron chi connectivity index (χ2n) is 11.3. The van der Waals surface area contributed by atoms with Crippen LogP contribution in [0.15, 0.2) is 47.4 Å². The lowest BCUT2D eigenvalue weighted by Gasteiger charge is -2.28. The molecule has 14 heteroatoms. The fourth-order valence-electron chi connectivity index (χ4n) is 4.12. The highest BCUT2D eigenvalue weighted by Crippen LogP contribution is 2.47. The molecule has 0 bridgehead atoms. The summed E-state index contributed by atoms with van der Waals surface area (Å²) in [6.45, 7) is 7.95. The molecule has 1 aromatic heterocycles. The Bertz CT molecular complexity index is 1270. The number of esters is 1. The van der Waals surface area contributed by atoms with Crippen LogP contribution in [-0.2, 0) is 23.4 Å². The van der Waals surface area contributed by atoms with Crippen LogP contribution in [0.3, 0.4) is 0 Å². The van der Waals surface area contributed by atoms with Crippen molar-refractivity contribution in [2.75, 3.05) is 18.9 Å². The molecule has 2 heterocycles. The molecular weight excluding hydrogens is 555 g/mol. The van der Waals surface area contributed by atoms with E-state index in [0.717, 1.165) is 17.4 Å². The minimum absolute atomic E-state index is 0.0137. The summed E-state index contributed by atoms with van der Waals surface area (Å²) in [6.07, 6.45) is -0.687. The fourth-order valence-corrected chi connectivity index (χ4v) is 5.69. The third-order valence-corrected chi connectivity index (χ3v) is 8.13. The first-order valence-corrected chi connectivity index (χ1v) is 15.1. The van der Waals surface area contributed by atoms with E-state index < -0.39 is 61.5 Å². The number of para-hydroxylation sites is 1. The molecule has 1 fully saturated rings. The molecule has 0 saturated carbocycles. The molecule has 41 heavy (non-hydrogen) atoms. The summed E-state index contributed by atoms with van der Waals surface area (Å²) in [5, 5.41) is 24.8. The Labute approximate surface area is 239 Å². The van der Waals surface area contributed by atoms with Gasteiger partial charge in [0, 0.05) is 6.20 Å². The van der Waals surface area contributed by atoms with E-state index in [1.807, 2.05) is 6.92 Å². The van der Waals surface area contributed by atoms with Gasteiger partial charge in [0.25, 0.3) is 0 Å². The summed E-state index contributed by atoms with van der Waals surface area (Å²) in [7, 11) is -4.18. The summed E-state index contributed by atoms with van der Waals surface area (Å²) >= 11 is 0. The van der Waals surface area contributed by atoms with E-state index in [1.54, 1.807) is 51.1 Å². The van der Waals surface area contributed by atoms with Gasteiger partial charge in [0.1, 0.15) is 36.0 Å². The smallest absolute Gasteiger partial charge is 0.459 e. The molecule has 1 saturated heterocycles. The van der Waals surface area contributed by atoms with Gasteiger partial charge in [-0.3, -0.25) is 13.9 Å². The van der Waals surface area contributed by atoms with Gasteiger partial charge in [-0.05, 0) is 52.3 Å². The number of ether oxygens (including phenoxy) is 2. The van der Waals surface area contributed by atoms with Crippen molar-refractivity contribution in [3.8, 4) is 5.75 Å². The topological polar surface area (TPSA) is 184 Å². The van der Waals surface area contributed by atoms with Crippen molar-refractivity contribution in [1.82, 2.24) is 14.6 Å². The van der Waals surface area contributed by atoms with Crippen molar-refractivity contribution in [1.29, 1.82) is 0 Å².